The highest BCUT2D eigenvalue weighted by molar-refractivity contribution is 5.90. The van der Waals surface area contributed by atoms with Gasteiger partial charge in [-0.05, 0) is 72.1 Å². The molecule has 268 valence electrons. The molecule has 0 bridgehead atoms. The first-order chi connectivity index (χ1) is 23.4. The van der Waals surface area contributed by atoms with Crippen LogP contribution in [0.25, 0.3) is 0 Å². The predicted molar refractivity (Wildman–Crippen MR) is 188 cm³/mol. The van der Waals surface area contributed by atoms with Gasteiger partial charge in [0.05, 0.1) is 25.2 Å². The minimum absolute atomic E-state index is 0.0124. The molecular weight excluding hydrogens is 636 g/mol. The van der Waals surface area contributed by atoms with E-state index in [-0.39, 0.29) is 13.2 Å². The van der Waals surface area contributed by atoms with Gasteiger partial charge in [-0.2, -0.15) is 0 Å². The van der Waals surface area contributed by atoms with E-state index in [0.29, 0.717) is 0 Å². The summed E-state index contributed by atoms with van der Waals surface area (Å²) in [4.78, 5) is 43.2. The minimum Gasteiger partial charge on any atom is -0.444 e. The molecule has 0 unspecified atom stereocenters. The maximum atomic E-state index is 14.3. The number of likely N-dealkylation sites (tertiary alicyclic amines) is 1. The first-order valence-electron chi connectivity index (χ1n) is 17.1. The molecule has 0 saturated carbocycles. The van der Waals surface area contributed by atoms with E-state index in [1.54, 1.807) is 55.4 Å². The standard InChI is InChI=1S/C40H50N2O8/c1-27(43)41(35(44)49-37(2,3)4)25-31-33-34(48-39(8,9)47-33)32(42(31)36(45)50-38(5,6)7)26-46-40(28-19-13-10-14-20-28,29-21-15-11-16-22-29)30-23-17-12-18-24-30/h10-24,31-34H,25-26H2,1-9H3/t31-,32-,33-,34+/m1/s1. The molecule has 10 nitrogen and oxygen atoms in total. The molecular formula is C40H50N2O8. The van der Waals surface area contributed by atoms with E-state index in [1.807, 2.05) is 91.0 Å². The molecule has 3 aromatic rings. The van der Waals surface area contributed by atoms with Crippen LogP contribution < -0.4 is 0 Å². The highest BCUT2D eigenvalue weighted by atomic mass is 16.8. The van der Waals surface area contributed by atoms with Gasteiger partial charge in [-0.3, -0.25) is 9.69 Å². The molecule has 2 aliphatic heterocycles. The van der Waals surface area contributed by atoms with Crippen LogP contribution in [0.5, 0.6) is 0 Å². The fraction of sp³-hybridized carbons (Fsp3) is 0.475. The third-order valence-electron chi connectivity index (χ3n) is 8.62. The largest absolute Gasteiger partial charge is 0.444 e. The lowest BCUT2D eigenvalue weighted by Crippen LogP contribution is -2.55. The van der Waals surface area contributed by atoms with Crippen LogP contribution in [-0.2, 0) is 34.1 Å². The molecule has 2 heterocycles. The van der Waals surface area contributed by atoms with Crippen molar-refractivity contribution in [3.05, 3.63) is 108 Å². The average Bonchev–Trinajstić information content (AvgIpc) is 3.49. The molecule has 0 radical (unpaired) electrons. The zero-order chi connectivity index (χ0) is 36.5. The Morgan fingerprint density at radius 3 is 1.52 bits per heavy atom. The number of carbonyl (C=O) groups excluding carboxylic acids is 3. The fourth-order valence-corrected chi connectivity index (χ4v) is 6.74. The van der Waals surface area contributed by atoms with Crippen molar-refractivity contribution in [1.29, 1.82) is 0 Å². The number of imide groups is 1. The van der Waals surface area contributed by atoms with Crippen LogP contribution in [0.2, 0.25) is 0 Å². The minimum atomic E-state index is -1.09. The van der Waals surface area contributed by atoms with Crippen LogP contribution >= 0.6 is 0 Å². The van der Waals surface area contributed by atoms with Gasteiger partial charge in [0.25, 0.3) is 0 Å². The summed E-state index contributed by atoms with van der Waals surface area (Å²) in [6.07, 6.45) is -2.88. The monoisotopic (exact) mass is 686 g/mol. The number of carbonyl (C=O) groups is 3. The maximum absolute atomic E-state index is 14.3. The van der Waals surface area contributed by atoms with Crippen molar-refractivity contribution in [3.8, 4) is 0 Å². The van der Waals surface area contributed by atoms with Gasteiger partial charge < -0.3 is 23.7 Å². The van der Waals surface area contributed by atoms with E-state index in [2.05, 4.69) is 0 Å². The number of ether oxygens (including phenoxy) is 5. The summed E-state index contributed by atoms with van der Waals surface area (Å²) in [6, 6.07) is 28.2. The fourth-order valence-electron chi connectivity index (χ4n) is 6.74. The number of hydrogen-bond acceptors (Lipinski definition) is 8. The molecule has 2 fully saturated rings. The van der Waals surface area contributed by atoms with Gasteiger partial charge in [0.2, 0.25) is 5.91 Å². The number of hydrogen-bond donors (Lipinski definition) is 0. The summed E-state index contributed by atoms with van der Waals surface area (Å²) in [6.45, 7) is 15.2. The second kappa shape index (κ2) is 14.2. The topological polar surface area (TPSA) is 104 Å². The Kier molecular flexibility index (Phi) is 10.5. The third-order valence-corrected chi connectivity index (χ3v) is 8.62. The van der Waals surface area contributed by atoms with Crippen molar-refractivity contribution in [2.24, 2.45) is 0 Å². The Balaban J connectivity index is 1.62. The number of amides is 3. The summed E-state index contributed by atoms with van der Waals surface area (Å²) in [5.41, 5.74) is -0.112. The van der Waals surface area contributed by atoms with Crippen molar-refractivity contribution in [1.82, 2.24) is 9.80 Å². The summed E-state index contributed by atoms with van der Waals surface area (Å²) < 4.78 is 31.8. The van der Waals surface area contributed by atoms with E-state index in [1.165, 1.54) is 11.8 Å². The van der Waals surface area contributed by atoms with Gasteiger partial charge >= 0.3 is 12.2 Å². The van der Waals surface area contributed by atoms with E-state index < -0.39 is 65.0 Å². The summed E-state index contributed by atoms with van der Waals surface area (Å²) >= 11 is 0. The number of nitrogens with zero attached hydrogens (tertiary/aromatic N) is 2. The molecule has 0 spiro atoms. The third kappa shape index (κ3) is 8.04. The molecule has 0 aliphatic carbocycles. The van der Waals surface area contributed by atoms with E-state index in [0.717, 1.165) is 21.6 Å². The van der Waals surface area contributed by atoms with Crippen LogP contribution in [0.4, 0.5) is 9.59 Å². The van der Waals surface area contributed by atoms with Crippen LogP contribution in [0, 0.1) is 0 Å². The zero-order valence-electron chi connectivity index (χ0n) is 30.5. The van der Waals surface area contributed by atoms with Crippen LogP contribution in [0.3, 0.4) is 0 Å². The maximum Gasteiger partial charge on any atom is 0.417 e. The molecule has 3 aromatic carbocycles. The van der Waals surface area contributed by atoms with Gasteiger partial charge in [-0.25, -0.2) is 14.5 Å². The van der Waals surface area contributed by atoms with Gasteiger partial charge in [0.1, 0.15) is 29.0 Å². The molecule has 10 heteroatoms. The van der Waals surface area contributed by atoms with E-state index >= 15 is 0 Å². The number of fused-ring (bicyclic) bond motifs is 1. The number of benzene rings is 3. The van der Waals surface area contributed by atoms with Crippen LogP contribution in [0.15, 0.2) is 91.0 Å². The summed E-state index contributed by atoms with van der Waals surface area (Å²) in [5, 5.41) is 0. The molecule has 0 aromatic heterocycles. The molecule has 2 saturated heterocycles. The Bertz CT molecular complexity index is 1540. The number of rotatable bonds is 8. The molecule has 0 N–H and O–H groups in total. The zero-order valence-corrected chi connectivity index (χ0v) is 30.5. The van der Waals surface area contributed by atoms with Crippen molar-refractivity contribution in [2.75, 3.05) is 13.2 Å². The lowest BCUT2D eigenvalue weighted by molar-refractivity contribution is -0.172. The second-order valence-corrected chi connectivity index (χ2v) is 15.3. The summed E-state index contributed by atoms with van der Waals surface area (Å²) in [7, 11) is 0. The highest BCUT2D eigenvalue weighted by Gasteiger charge is 2.61. The van der Waals surface area contributed by atoms with Crippen LogP contribution in [0.1, 0.15) is 79.0 Å². The molecule has 3 amide bonds. The smallest absolute Gasteiger partial charge is 0.417 e. The Morgan fingerprint density at radius 1 is 0.700 bits per heavy atom. The van der Waals surface area contributed by atoms with Gasteiger partial charge in [-0.15, -0.1) is 0 Å². The summed E-state index contributed by atoms with van der Waals surface area (Å²) in [5.74, 6) is -1.55. The van der Waals surface area contributed by atoms with E-state index in [9.17, 15) is 14.4 Å². The second-order valence-electron chi connectivity index (χ2n) is 15.3. The van der Waals surface area contributed by atoms with Gasteiger partial charge in [-0.1, -0.05) is 91.0 Å². The highest BCUT2D eigenvalue weighted by Crippen LogP contribution is 2.45. The Labute approximate surface area is 295 Å². The van der Waals surface area contributed by atoms with E-state index in [4.69, 9.17) is 23.7 Å². The van der Waals surface area contributed by atoms with Gasteiger partial charge in [0, 0.05) is 6.92 Å². The Morgan fingerprint density at radius 2 is 1.12 bits per heavy atom. The first-order valence-corrected chi connectivity index (χ1v) is 17.1. The quantitative estimate of drug-likeness (QED) is 0.228. The predicted octanol–water partition coefficient (Wildman–Crippen LogP) is 7.29. The van der Waals surface area contributed by atoms with Crippen molar-refractivity contribution >= 4 is 18.1 Å². The SMILES string of the molecule is CC(=O)N(C[C@@H]1[C@H]2OC(C)(C)O[C@H]2[C@@H](COC(c2ccccc2)(c2ccccc2)c2ccccc2)N1C(=O)OC(C)(C)C)C(=O)OC(C)(C)C. The van der Waals surface area contributed by atoms with Crippen molar-refractivity contribution in [2.45, 2.75) is 109 Å². The average molecular weight is 687 g/mol. The molecule has 5 rings (SSSR count). The lowest BCUT2D eigenvalue weighted by atomic mass is 9.80. The van der Waals surface area contributed by atoms with Crippen molar-refractivity contribution < 1.29 is 38.1 Å². The molecule has 2 aliphatic rings. The van der Waals surface area contributed by atoms with Crippen LogP contribution in [-0.4, -0.2) is 82.3 Å². The normalized spacial score (nSPS) is 21.7. The van der Waals surface area contributed by atoms with Crippen molar-refractivity contribution in [3.63, 3.8) is 0 Å². The van der Waals surface area contributed by atoms with Gasteiger partial charge in [0.15, 0.2) is 5.79 Å². The molecule has 50 heavy (non-hydrogen) atoms. The molecule has 4 atom stereocenters. The first kappa shape index (κ1) is 37.0. The lowest BCUT2D eigenvalue weighted by Gasteiger charge is -2.40. The Hall–Kier alpha value is -4.25.